The second kappa shape index (κ2) is 8.78. The standard InChI is InChI=1S/C26H22NP/c1-21(22-13-5-2-6-14-22)27-25-19-11-12-20-26(25)28(23-15-7-3-8-16-23)24-17-9-4-10-18-24/h2-20H,1H3. The van der Waals surface area contributed by atoms with Gasteiger partial charge in [0, 0.05) is 11.0 Å². The molecule has 0 unspecified atom stereocenters. The number of para-hydroxylation sites is 1. The van der Waals surface area contributed by atoms with Crippen LogP contribution in [0, 0.1) is 0 Å². The number of rotatable bonds is 5. The summed E-state index contributed by atoms with van der Waals surface area (Å²) >= 11 is 0. The first-order valence-electron chi connectivity index (χ1n) is 9.43. The third-order valence-electron chi connectivity index (χ3n) is 4.63. The fourth-order valence-corrected chi connectivity index (χ4v) is 5.64. The molecule has 4 aromatic carbocycles. The Kier molecular flexibility index (Phi) is 5.75. The fourth-order valence-electron chi connectivity index (χ4n) is 3.25. The molecule has 0 bridgehead atoms. The SMILES string of the molecule is CC(=Nc1ccccc1P(c1ccccc1)c1ccccc1)c1ccccc1. The Morgan fingerprint density at radius 1 is 0.571 bits per heavy atom. The van der Waals surface area contributed by atoms with Crippen LogP contribution in [0.1, 0.15) is 12.5 Å². The zero-order chi connectivity index (χ0) is 19.2. The summed E-state index contributed by atoms with van der Waals surface area (Å²) in [5.74, 6) is 0. The second-order valence-corrected chi connectivity index (χ2v) is 8.74. The number of benzene rings is 4. The van der Waals surface area contributed by atoms with Crippen molar-refractivity contribution in [1.82, 2.24) is 0 Å². The summed E-state index contributed by atoms with van der Waals surface area (Å²) in [6.45, 7) is 2.08. The largest absolute Gasteiger partial charge is 0.252 e. The molecule has 0 N–H and O–H groups in total. The first kappa shape index (κ1) is 18.3. The van der Waals surface area contributed by atoms with E-state index in [0.29, 0.717) is 0 Å². The molecule has 0 saturated heterocycles. The molecule has 0 aromatic heterocycles. The van der Waals surface area contributed by atoms with Gasteiger partial charge in [0.05, 0.1) is 5.69 Å². The summed E-state index contributed by atoms with van der Waals surface area (Å²) in [6, 6.07) is 40.4. The highest BCUT2D eigenvalue weighted by Crippen LogP contribution is 2.36. The van der Waals surface area contributed by atoms with Crippen LogP contribution in [0.3, 0.4) is 0 Å². The average Bonchev–Trinajstić information content (AvgIpc) is 2.77. The predicted molar refractivity (Wildman–Crippen MR) is 123 cm³/mol. The van der Waals surface area contributed by atoms with Crippen LogP contribution in [0.25, 0.3) is 0 Å². The minimum absolute atomic E-state index is 0.673. The highest BCUT2D eigenvalue weighted by atomic mass is 31.1. The molecule has 0 fully saturated rings. The number of aliphatic imine (C=N–C) groups is 1. The fraction of sp³-hybridized carbons (Fsp3) is 0.0385. The van der Waals surface area contributed by atoms with E-state index in [9.17, 15) is 0 Å². The maximum Gasteiger partial charge on any atom is 0.0716 e. The highest BCUT2D eigenvalue weighted by Gasteiger charge is 2.19. The monoisotopic (exact) mass is 379 g/mol. The van der Waals surface area contributed by atoms with Gasteiger partial charge < -0.3 is 0 Å². The Labute approximate surface area is 168 Å². The number of nitrogens with zero attached hydrogens (tertiary/aromatic N) is 1. The molecule has 0 heterocycles. The van der Waals surface area contributed by atoms with Crippen LogP contribution in [0.4, 0.5) is 5.69 Å². The molecule has 0 radical (unpaired) electrons. The van der Waals surface area contributed by atoms with Gasteiger partial charge in [0.1, 0.15) is 0 Å². The lowest BCUT2D eigenvalue weighted by Gasteiger charge is -2.21. The van der Waals surface area contributed by atoms with Gasteiger partial charge in [-0.25, -0.2) is 0 Å². The Morgan fingerprint density at radius 3 is 1.61 bits per heavy atom. The van der Waals surface area contributed by atoms with E-state index in [-0.39, 0.29) is 0 Å². The normalized spacial score (nSPS) is 11.6. The molecule has 4 rings (SSSR count). The molecule has 2 heteroatoms. The zero-order valence-corrected chi connectivity index (χ0v) is 16.8. The third-order valence-corrected chi connectivity index (χ3v) is 7.12. The van der Waals surface area contributed by atoms with Crippen molar-refractivity contribution in [3.8, 4) is 0 Å². The minimum Gasteiger partial charge on any atom is -0.252 e. The molecule has 0 spiro atoms. The lowest BCUT2D eigenvalue weighted by atomic mass is 10.1. The molecule has 0 saturated carbocycles. The summed E-state index contributed by atoms with van der Waals surface area (Å²) in [7, 11) is -0.673. The van der Waals surface area contributed by atoms with E-state index in [2.05, 4.69) is 116 Å². The van der Waals surface area contributed by atoms with Gasteiger partial charge in [0.2, 0.25) is 0 Å². The van der Waals surface area contributed by atoms with Gasteiger partial charge in [-0.05, 0) is 37.1 Å². The van der Waals surface area contributed by atoms with Crippen LogP contribution in [0.2, 0.25) is 0 Å². The summed E-state index contributed by atoms with van der Waals surface area (Å²) in [6.07, 6.45) is 0. The van der Waals surface area contributed by atoms with E-state index in [4.69, 9.17) is 4.99 Å². The van der Waals surface area contributed by atoms with Gasteiger partial charge >= 0.3 is 0 Å². The Morgan fingerprint density at radius 2 is 1.04 bits per heavy atom. The summed E-state index contributed by atoms with van der Waals surface area (Å²) in [5, 5.41) is 3.96. The van der Waals surface area contributed by atoms with Crippen molar-refractivity contribution in [2.45, 2.75) is 6.92 Å². The predicted octanol–water partition coefficient (Wildman–Crippen LogP) is 5.59. The Balaban J connectivity index is 1.85. The summed E-state index contributed by atoms with van der Waals surface area (Å²) in [4.78, 5) is 5.03. The molecule has 0 aliphatic heterocycles. The first-order valence-corrected chi connectivity index (χ1v) is 10.8. The molecule has 4 aromatic rings. The molecule has 0 aliphatic carbocycles. The van der Waals surface area contributed by atoms with Crippen molar-refractivity contribution >= 4 is 35.2 Å². The maximum atomic E-state index is 5.03. The van der Waals surface area contributed by atoms with E-state index in [0.717, 1.165) is 17.0 Å². The van der Waals surface area contributed by atoms with Crippen LogP contribution >= 0.6 is 7.92 Å². The number of hydrogen-bond acceptors (Lipinski definition) is 1. The van der Waals surface area contributed by atoms with Crippen LogP contribution in [-0.4, -0.2) is 5.71 Å². The first-order chi connectivity index (χ1) is 13.8. The van der Waals surface area contributed by atoms with Crippen molar-refractivity contribution in [2.75, 3.05) is 0 Å². The lowest BCUT2D eigenvalue weighted by molar-refractivity contribution is 1.49. The van der Waals surface area contributed by atoms with Crippen molar-refractivity contribution in [2.24, 2.45) is 4.99 Å². The maximum absolute atomic E-state index is 5.03. The van der Waals surface area contributed by atoms with Gasteiger partial charge in [-0.1, -0.05) is 109 Å². The van der Waals surface area contributed by atoms with Crippen LogP contribution in [0.15, 0.2) is 120 Å². The van der Waals surface area contributed by atoms with E-state index < -0.39 is 7.92 Å². The van der Waals surface area contributed by atoms with E-state index in [1.807, 2.05) is 6.07 Å². The minimum atomic E-state index is -0.673. The molecular weight excluding hydrogens is 357 g/mol. The molecule has 0 aliphatic rings. The molecule has 136 valence electrons. The Bertz CT molecular complexity index is 1020. The van der Waals surface area contributed by atoms with Crippen molar-refractivity contribution in [3.63, 3.8) is 0 Å². The number of hydrogen-bond donors (Lipinski definition) is 0. The van der Waals surface area contributed by atoms with Gasteiger partial charge in [0.25, 0.3) is 0 Å². The second-order valence-electron chi connectivity index (χ2n) is 6.56. The van der Waals surface area contributed by atoms with Gasteiger partial charge in [-0.3, -0.25) is 4.99 Å². The van der Waals surface area contributed by atoms with E-state index in [1.54, 1.807) is 0 Å². The molecule has 0 amide bonds. The molecular formula is C26H22NP. The molecule has 1 nitrogen and oxygen atoms in total. The van der Waals surface area contributed by atoms with Crippen molar-refractivity contribution in [3.05, 3.63) is 121 Å². The quantitative estimate of drug-likeness (QED) is 0.317. The van der Waals surface area contributed by atoms with Crippen LogP contribution < -0.4 is 15.9 Å². The molecule has 28 heavy (non-hydrogen) atoms. The molecule has 0 atom stereocenters. The van der Waals surface area contributed by atoms with E-state index in [1.165, 1.54) is 15.9 Å². The van der Waals surface area contributed by atoms with Gasteiger partial charge in [-0.2, -0.15) is 0 Å². The van der Waals surface area contributed by atoms with Gasteiger partial charge in [0.15, 0.2) is 0 Å². The average molecular weight is 379 g/mol. The lowest BCUT2D eigenvalue weighted by Crippen LogP contribution is -2.21. The summed E-state index contributed by atoms with van der Waals surface area (Å²) < 4.78 is 0. The summed E-state index contributed by atoms with van der Waals surface area (Å²) in [5.41, 5.74) is 3.23. The van der Waals surface area contributed by atoms with Crippen molar-refractivity contribution < 1.29 is 0 Å². The Hall–Kier alpha value is -3.02. The topological polar surface area (TPSA) is 12.4 Å². The zero-order valence-electron chi connectivity index (χ0n) is 15.9. The third kappa shape index (κ3) is 4.11. The van der Waals surface area contributed by atoms with Crippen LogP contribution in [0.5, 0.6) is 0 Å². The highest BCUT2D eigenvalue weighted by molar-refractivity contribution is 7.80. The van der Waals surface area contributed by atoms with Crippen LogP contribution in [-0.2, 0) is 0 Å². The van der Waals surface area contributed by atoms with Gasteiger partial charge in [-0.15, -0.1) is 0 Å². The van der Waals surface area contributed by atoms with Crippen molar-refractivity contribution in [1.29, 1.82) is 0 Å². The smallest absolute Gasteiger partial charge is 0.0716 e. The van der Waals surface area contributed by atoms with E-state index >= 15 is 0 Å².